The highest BCUT2D eigenvalue weighted by molar-refractivity contribution is 6.06. The lowest BCUT2D eigenvalue weighted by molar-refractivity contribution is 0.455. The predicted octanol–water partition coefficient (Wildman–Crippen LogP) is 4.56. The maximum absolute atomic E-state index is 9.96. The number of hydrogen-bond donors (Lipinski definition) is 2. The molecule has 0 spiro atoms. The summed E-state index contributed by atoms with van der Waals surface area (Å²) in [6.07, 6.45) is 0. The molecule has 4 aromatic rings. The van der Waals surface area contributed by atoms with Crippen LogP contribution in [0.1, 0.15) is 0 Å². The van der Waals surface area contributed by atoms with E-state index < -0.39 is 0 Å². The van der Waals surface area contributed by atoms with E-state index in [9.17, 15) is 10.2 Å². The van der Waals surface area contributed by atoms with Crippen LogP contribution in [-0.2, 0) is 0 Å². The first kappa shape index (κ1) is 11.1. The Hall–Kier alpha value is -2.74. The molecule has 0 amide bonds. The summed E-state index contributed by atoms with van der Waals surface area (Å²) in [5.74, 6) is 0.185. The van der Waals surface area contributed by atoms with Crippen LogP contribution in [0.25, 0.3) is 32.3 Å². The highest BCUT2D eigenvalue weighted by atomic mass is 16.3. The Morgan fingerprint density at radius 2 is 1.15 bits per heavy atom. The molecule has 0 unspecified atom stereocenters. The molecule has 0 aliphatic carbocycles. The van der Waals surface area contributed by atoms with E-state index in [-0.39, 0.29) is 11.5 Å². The van der Waals surface area contributed by atoms with Gasteiger partial charge >= 0.3 is 0 Å². The highest BCUT2D eigenvalue weighted by Gasteiger charge is 2.05. The quantitative estimate of drug-likeness (QED) is 0.455. The van der Waals surface area contributed by atoms with Crippen molar-refractivity contribution in [2.75, 3.05) is 0 Å². The monoisotopic (exact) mass is 260 g/mol. The lowest BCUT2D eigenvalue weighted by Crippen LogP contribution is -1.80. The van der Waals surface area contributed by atoms with Gasteiger partial charge in [-0.25, -0.2) is 0 Å². The summed E-state index contributed by atoms with van der Waals surface area (Å²) in [6, 6.07) is 19.5. The van der Waals surface area contributed by atoms with Gasteiger partial charge in [-0.2, -0.15) is 0 Å². The van der Waals surface area contributed by atoms with Crippen molar-refractivity contribution in [2.45, 2.75) is 0 Å². The van der Waals surface area contributed by atoms with Crippen LogP contribution in [-0.4, -0.2) is 10.2 Å². The molecule has 0 aliphatic rings. The van der Waals surface area contributed by atoms with E-state index in [0.29, 0.717) is 0 Å². The maximum atomic E-state index is 9.96. The van der Waals surface area contributed by atoms with Crippen LogP contribution in [0, 0.1) is 0 Å². The standard InChI is InChI=1S/C18H12O2/c19-16-8-15-7-13-5-11-3-1-2-4-12(11)6-14(13)9-17(15)18(20)10-16/h1-10,19-20H. The molecule has 4 rings (SSSR count). The van der Waals surface area contributed by atoms with Crippen molar-refractivity contribution in [1.82, 2.24) is 0 Å². The summed E-state index contributed by atoms with van der Waals surface area (Å²) in [5.41, 5.74) is 0. The maximum Gasteiger partial charge on any atom is 0.127 e. The molecule has 20 heavy (non-hydrogen) atoms. The number of hydrogen-bond acceptors (Lipinski definition) is 2. The fourth-order valence-electron chi connectivity index (χ4n) is 2.77. The SMILES string of the molecule is Oc1cc(O)c2cc3cc4ccccc4cc3cc2c1. The number of rotatable bonds is 0. The lowest BCUT2D eigenvalue weighted by Gasteiger charge is -2.07. The number of phenolic OH excluding ortho intramolecular Hbond substituents is 2. The Morgan fingerprint density at radius 1 is 0.550 bits per heavy atom. The van der Waals surface area contributed by atoms with Gasteiger partial charge in [-0.1, -0.05) is 24.3 Å². The van der Waals surface area contributed by atoms with Crippen molar-refractivity contribution in [2.24, 2.45) is 0 Å². The minimum Gasteiger partial charge on any atom is -0.508 e. The normalized spacial score (nSPS) is 11.4. The summed E-state index contributed by atoms with van der Waals surface area (Å²) in [7, 11) is 0. The Kier molecular flexibility index (Phi) is 2.15. The second kappa shape index (κ2) is 3.87. The molecule has 0 heterocycles. The Morgan fingerprint density at radius 3 is 1.85 bits per heavy atom. The first-order valence-electron chi connectivity index (χ1n) is 6.49. The largest absolute Gasteiger partial charge is 0.508 e. The van der Waals surface area contributed by atoms with Crippen LogP contribution in [0.15, 0.2) is 60.7 Å². The van der Waals surface area contributed by atoms with Gasteiger partial charge in [0, 0.05) is 11.5 Å². The fourth-order valence-corrected chi connectivity index (χ4v) is 2.77. The van der Waals surface area contributed by atoms with Crippen LogP contribution >= 0.6 is 0 Å². The molecule has 2 heteroatoms. The number of fused-ring (bicyclic) bond motifs is 3. The summed E-state index contributed by atoms with van der Waals surface area (Å²) in [4.78, 5) is 0. The van der Waals surface area contributed by atoms with E-state index in [1.54, 1.807) is 6.07 Å². The summed E-state index contributed by atoms with van der Waals surface area (Å²) < 4.78 is 0. The molecule has 0 saturated heterocycles. The number of phenols is 2. The van der Waals surface area contributed by atoms with Gasteiger partial charge in [0.05, 0.1) is 0 Å². The van der Waals surface area contributed by atoms with Crippen molar-refractivity contribution >= 4 is 32.3 Å². The molecule has 0 aliphatic heterocycles. The van der Waals surface area contributed by atoms with Crippen molar-refractivity contribution in [3.63, 3.8) is 0 Å². The van der Waals surface area contributed by atoms with Gasteiger partial charge in [0.2, 0.25) is 0 Å². The van der Waals surface area contributed by atoms with Crippen molar-refractivity contribution in [3.05, 3.63) is 60.7 Å². The second-order valence-corrected chi connectivity index (χ2v) is 5.08. The van der Waals surface area contributed by atoms with Crippen LogP contribution < -0.4 is 0 Å². The third-order valence-electron chi connectivity index (χ3n) is 3.74. The molecular weight excluding hydrogens is 248 g/mol. The van der Waals surface area contributed by atoms with Crippen molar-refractivity contribution in [1.29, 1.82) is 0 Å². The minimum atomic E-state index is 0.0788. The molecule has 0 bridgehead atoms. The molecular formula is C18H12O2. The van der Waals surface area contributed by atoms with Gasteiger partial charge in [0.25, 0.3) is 0 Å². The van der Waals surface area contributed by atoms with Crippen molar-refractivity contribution < 1.29 is 10.2 Å². The first-order chi connectivity index (χ1) is 9.70. The first-order valence-corrected chi connectivity index (χ1v) is 6.49. The molecule has 0 saturated carbocycles. The number of benzene rings is 4. The van der Waals surface area contributed by atoms with Gasteiger partial charge in [0.1, 0.15) is 11.5 Å². The predicted molar refractivity (Wildman–Crippen MR) is 82.3 cm³/mol. The molecule has 0 aromatic heterocycles. The van der Waals surface area contributed by atoms with E-state index >= 15 is 0 Å². The topological polar surface area (TPSA) is 40.5 Å². The zero-order valence-corrected chi connectivity index (χ0v) is 10.7. The summed E-state index contributed by atoms with van der Waals surface area (Å²) in [5, 5.41) is 25.7. The summed E-state index contributed by atoms with van der Waals surface area (Å²) in [6.45, 7) is 0. The van der Waals surface area contributed by atoms with Gasteiger partial charge < -0.3 is 10.2 Å². The van der Waals surface area contributed by atoms with E-state index in [2.05, 4.69) is 24.3 Å². The van der Waals surface area contributed by atoms with E-state index in [1.165, 1.54) is 16.8 Å². The van der Waals surface area contributed by atoms with Gasteiger partial charge in [0.15, 0.2) is 0 Å². The average Bonchev–Trinajstić information content (AvgIpc) is 2.43. The average molecular weight is 260 g/mol. The van der Waals surface area contributed by atoms with Crippen LogP contribution in [0.4, 0.5) is 0 Å². The van der Waals surface area contributed by atoms with Gasteiger partial charge in [-0.3, -0.25) is 0 Å². The zero-order valence-electron chi connectivity index (χ0n) is 10.7. The zero-order chi connectivity index (χ0) is 13.7. The van der Waals surface area contributed by atoms with E-state index in [0.717, 1.165) is 21.5 Å². The van der Waals surface area contributed by atoms with Crippen molar-refractivity contribution in [3.8, 4) is 11.5 Å². The minimum absolute atomic E-state index is 0.0788. The smallest absolute Gasteiger partial charge is 0.127 e. The molecule has 0 fully saturated rings. The van der Waals surface area contributed by atoms with Crippen LogP contribution in [0.2, 0.25) is 0 Å². The Labute approximate surface area is 115 Å². The molecule has 4 aromatic carbocycles. The molecule has 0 atom stereocenters. The van der Waals surface area contributed by atoms with Gasteiger partial charge in [-0.15, -0.1) is 0 Å². The molecule has 2 nitrogen and oxygen atoms in total. The summed E-state index contributed by atoms with van der Waals surface area (Å²) >= 11 is 0. The van der Waals surface area contributed by atoms with Crippen LogP contribution in [0.5, 0.6) is 11.5 Å². The molecule has 0 radical (unpaired) electrons. The Balaban J connectivity index is 2.18. The second-order valence-electron chi connectivity index (χ2n) is 5.08. The Bertz CT molecular complexity index is 971. The van der Waals surface area contributed by atoms with Crippen LogP contribution in [0.3, 0.4) is 0 Å². The third kappa shape index (κ3) is 1.58. The molecule has 96 valence electrons. The highest BCUT2D eigenvalue weighted by Crippen LogP contribution is 2.34. The lowest BCUT2D eigenvalue weighted by atomic mass is 9.99. The molecule has 2 N–H and O–H groups in total. The fraction of sp³-hybridized carbons (Fsp3) is 0. The third-order valence-corrected chi connectivity index (χ3v) is 3.74. The van der Waals surface area contributed by atoms with E-state index in [1.807, 2.05) is 24.3 Å². The van der Waals surface area contributed by atoms with E-state index in [4.69, 9.17) is 0 Å². The number of aromatic hydroxyl groups is 2. The van der Waals surface area contributed by atoms with Gasteiger partial charge in [-0.05, 0) is 57.3 Å².